The van der Waals surface area contributed by atoms with E-state index in [1.54, 1.807) is 0 Å². The minimum atomic E-state index is 0.398. The van der Waals surface area contributed by atoms with Crippen molar-refractivity contribution in [2.24, 2.45) is 5.92 Å². The summed E-state index contributed by atoms with van der Waals surface area (Å²) in [5.74, 6) is 2.23. The summed E-state index contributed by atoms with van der Waals surface area (Å²) in [6, 6.07) is 9.31. The van der Waals surface area contributed by atoms with Crippen molar-refractivity contribution in [3.05, 3.63) is 35.4 Å². The maximum Gasteiger partial charge on any atom is 0.222 e. The van der Waals surface area contributed by atoms with E-state index in [0.29, 0.717) is 12.0 Å². The number of nitrogens with two attached hydrogens (primary N) is 1. The summed E-state index contributed by atoms with van der Waals surface area (Å²) in [4.78, 5) is 11.8. The van der Waals surface area contributed by atoms with Gasteiger partial charge in [-0.05, 0) is 31.2 Å². The van der Waals surface area contributed by atoms with Crippen LogP contribution in [-0.2, 0) is 12.8 Å². The summed E-state index contributed by atoms with van der Waals surface area (Å²) in [6.45, 7) is 3.27. The van der Waals surface area contributed by atoms with Crippen molar-refractivity contribution >= 4 is 11.8 Å². The number of hydrogen-bond acceptors (Lipinski definition) is 5. The van der Waals surface area contributed by atoms with Gasteiger partial charge in [-0.1, -0.05) is 24.3 Å². The summed E-state index contributed by atoms with van der Waals surface area (Å²) in [5, 5.41) is 3.53. The van der Waals surface area contributed by atoms with E-state index in [1.807, 2.05) is 0 Å². The van der Waals surface area contributed by atoms with Gasteiger partial charge in [-0.3, -0.25) is 0 Å². The number of nitrogen functional groups attached to an aromatic ring is 1. The Kier molecular flexibility index (Phi) is 3.23. The first-order chi connectivity index (χ1) is 11.8. The van der Waals surface area contributed by atoms with Crippen molar-refractivity contribution in [1.29, 1.82) is 0 Å². The Morgan fingerprint density at radius 3 is 2.92 bits per heavy atom. The fourth-order valence-corrected chi connectivity index (χ4v) is 4.47. The van der Waals surface area contributed by atoms with E-state index in [9.17, 15) is 0 Å². The maximum atomic E-state index is 6.11. The molecule has 24 heavy (non-hydrogen) atoms. The fourth-order valence-electron chi connectivity index (χ4n) is 4.47. The van der Waals surface area contributed by atoms with E-state index in [2.05, 4.69) is 44.5 Å². The first-order valence-corrected chi connectivity index (χ1v) is 9.02. The van der Waals surface area contributed by atoms with Crippen molar-refractivity contribution in [1.82, 2.24) is 15.3 Å². The molecule has 2 aliphatic heterocycles. The molecular formula is C19H23N5. The normalized spacial score (nSPS) is 25.1. The molecule has 5 heteroatoms. The lowest BCUT2D eigenvalue weighted by Gasteiger charge is -2.47. The van der Waals surface area contributed by atoms with Gasteiger partial charge >= 0.3 is 0 Å². The van der Waals surface area contributed by atoms with Gasteiger partial charge in [-0.25, -0.2) is 4.98 Å². The number of aryl methyl sites for hydroxylation is 1. The molecule has 2 saturated heterocycles. The van der Waals surface area contributed by atoms with Crippen LogP contribution >= 0.6 is 0 Å². The summed E-state index contributed by atoms with van der Waals surface area (Å²) < 4.78 is 0. The average Bonchev–Trinajstić information content (AvgIpc) is 2.75. The molecule has 124 valence electrons. The molecular weight excluding hydrogens is 298 g/mol. The predicted molar refractivity (Wildman–Crippen MR) is 96.0 cm³/mol. The van der Waals surface area contributed by atoms with Gasteiger partial charge in [-0.15, -0.1) is 0 Å². The fraction of sp³-hybridized carbons (Fsp3) is 0.474. The summed E-state index contributed by atoms with van der Waals surface area (Å²) >= 11 is 0. The van der Waals surface area contributed by atoms with Crippen molar-refractivity contribution in [2.75, 3.05) is 30.3 Å². The third-order valence-electron chi connectivity index (χ3n) is 5.82. The van der Waals surface area contributed by atoms with E-state index in [0.717, 1.165) is 56.3 Å². The van der Waals surface area contributed by atoms with Gasteiger partial charge in [-0.2, -0.15) is 4.98 Å². The number of anilines is 2. The molecule has 0 amide bonds. The average molecular weight is 321 g/mol. The van der Waals surface area contributed by atoms with Gasteiger partial charge in [0.15, 0.2) is 0 Å². The molecule has 2 aromatic rings. The Bertz CT molecular complexity index is 787. The van der Waals surface area contributed by atoms with Crippen LogP contribution in [0.15, 0.2) is 24.3 Å². The molecule has 0 spiro atoms. The number of rotatable bonds is 1. The molecule has 2 atom stereocenters. The third kappa shape index (κ3) is 2.18. The lowest BCUT2D eigenvalue weighted by Crippen LogP contribution is -2.61. The molecule has 5 rings (SSSR count). The zero-order chi connectivity index (χ0) is 16.1. The van der Waals surface area contributed by atoms with Crippen molar-refractivity contribution in [3.63, 3.8) is 0 Å². The molecule has 1 aliphatic carbocycles. The number of fused-ring (bicyclic) bond motifs is 4. The third-order valence-corrected chi connectivity index (χ3v) is 5.82. The highest BCUT2D eigenvalue weighted by Gasteiger charge is 2.37. The highest BCUT2D eigenvalue weighted by molar-refractivity contribution is 5.74. The molecule has 3 aliphatic rings. The van der Waals surface area contributed by atoms with Gasteiger partial charge in [0, 0.05) is 42.7 Å². The van der Waals surface area contributed by atoms with Crippen LogP contribution < -0.4 is 16.0 Å². The summed E-state index contributed by atoms with van der Waals surface area (Å²) in [6.07, 6.45) is 4.47. The van der Waals surface area contributed by atoms with E-state index in [1.165, 1.54) is 23.1 Å². The van der Waals surface area contributed by atoms with Crippen LogP contribution in [0.1, 0.15) is 24.0 Å². The van der Waals surface area contributed by atoms with Gasteiger partial charge in [0.1, 0.15) is 5.82 Å². The minimum absolute atomic E-state index is 0.398. The van der Waals surface area contributed by atoms with E-state index in [-0.39, 0.29) is 0 Å². The largest absolute Gasteiger partial charge is 0.368 e. The molecule has 0 bridgehead atoms. The zero-order valence-electron chi connectivity index (χ0n) is 13.8. The number of piperidine rings is 1. The Balaban J connectivity index is 1.61. The molecule has 1 aromatic heterocycles. The van der Waals surface area contributed by atoms with E-state index >= 15 is 0 Å². The maximum absolute atomic E-state index is 6.11. The molecule has 0 radical (unpaired) electrons. The van der Waals surface area contributed by atoms with Gasteiger partial charge in [0.05, 0.1) is 5.69 Å². The van der Waals surface area contributed by atoms with Crippen LogP contribution in [0.4, 0.5) is 11.8 Å². The molecule has 3 N–H and O–H groups in total. The number of nitrogens with zero attached hydrogens (tertiary/aromatic N) is 3. The Morgan fingerprint density at radius 1 is 1.17 bits per heavy atom. The van der Waals surface area contributed by atoms with Crippen LogP contribution in [0.2, 0.25) is 0 Å². The Labute approximate surface area is 142 Å². The number of nitrogens with one attached hydrogen (secondary N) is 1. The highest BCUT2D eigenvalue weighted by atomic mass is 15.2. The molecule has 1 aromatic carbocycles. The second-order valence-corrected chi connectivity index (χ2v) is 7.25. The lowest BCUT2D eigenvalue weighted by molar-refractivity contribution is 0.198. The van der Waals surface area contributed by atoms with Gasteiger partial charge in [0.2, 0.25) is 5.95 Å². The highest BCUT2D eigenvalue weighted by Crippen LogP contribution is 2.37. The second-order valence-electron chi connectivity index (χ2n) is 7.25. The summed E-state index contributed by atoms with van der Waals surface area (Å²) in [5.41, 5.74) is 11.1. The number of aromatic nitrogens is 2. The molecule has 5 nitrogen and oxygen atoms in total. The topological polar surface area (TPSA) is 67.1 Å². The molecule has 0 saturated carbocycles. The molecule has 3 heterocycles. The van der Waals surface area contributed by atoms with E-state index in [4.69, 9.17) is 5.73 Å². The van der Waals surface area contributed by atoms with Crippen LogP contribution in [0.25, 0.3) is 11.3 Å². The van der Waals surface area contributed by atoms with Crippen molar-refractivity contribution in [2.45, 2.75) is 31.7 Å². The van der Waals surface area contributed by atoms with Crippen LogP contribution in [0.3, 0.4) is 0 Å². The SMILES string of the molecule is Nc1nc2c(c(N3CCC4NCC4C3)n1)CCCc1ccccc1-2. The van der Waals surface area contributed by atoms with Crippen LogP contribution in [0, 0.1) is 5.92 Å². The van der Waals surface area contributed by atoms with Crippen LogP contribution in [0.5, 0.6) is 0 Å². The minimum Gasteiger partial charge on any atom is -0.368 e. The van der Waals surface area contributed by atoms with Crippen molar-refractivity contribution < 1.29 is 0 Å². The predicted octanol–water partition coefficient (Wildman–Crippen LogP) is 2.01. The van der Waals surface area contributed by atoms with Gasteiger partial charge in [0.25, 0.3) is 0 Å². The Morgan fingerprint density at radius 2 is 2.08 bits per heavy atom. The number of hydrogen-bond donors (Lipinski definition) is 2. The first-order valence-electron chi connectivity index (χ1n) is 9.02. The van der Waals surface area contributed by atoms with Gasteiger partial charge < -0.3 is 16.0 Å². The quantitative estimate of drug-likeness (QED) is 0.841. The zero-order valence-corrected chi connectivity index (χ0v) is 13.8. The second kappa shape index (κ2) is 5.45. The van der Waals surface area contributed by atoms with E-state index < -0.39 is 0 Å². The molecule has 2 fully saturated rings. The first kappa shape index (κ1) is 14.2. The lowest BCUT2D eigenvalue weighted by atomic mass is 9.85. The number of benzene rings is 1. The summed E-state index contributed by atoms with van der Waals surface area (Å²) in [7, 11) is 0. The van der Waals surface area contributed by atoms with Crippen molar-refractivity contribution in [3.8, 4) is 11.3 Å². The smallest absolute Gasteiger partial charge is 0.222 e. The monoisotopic (exact) mass is 321 g/mol. The Hall–Kier alpha value is -2.14. The van der Waals surface area contributed by atoms with Crippen LogP contribution in [-0.4, -0.2) is 35.6 Å². The standard InChI is InChI=1S/C19H23N5/c20-19-22-17-14-6-2-1-4-12(14)5-3-7-15(17)18(23-19)24-9-8-16-13(11-24)10-21-16/h1-2,4,6,13,16,21H,3,5,7-11H2,(H2,20,22,23). The molecule has 2 unspecified atom stereocenters.